The molecule has 2 aliphatic rings. The molecule has 140 valence electrons. The van der Waals surface area contributed by atoms with Crippen LogP contribution >= 0.6 is 15.9 Å². The summed E-state index contributed by atoms with van der Waals surface area (Å²) < 4.78 is 6.94. The maximum Gasteiger partial charge on any atom is 0.318 e. The van der Waals surface area contributed by atoms with Gasteiger partial charge in [-0.3, -0.25) is 10.1 Å². The molecule has 1 saturated heterocycles. The van der Waals surface area contributed by atoms with Gasteiger partial charge < -0.3 is 15.4 Å². The second-order valence-corrected chi connectivity index (χ2v) is 8.17. The molecule has 0 saturated carbocycles. The molecule has 1 fully saturated rings. The van der Waals surface area contributed by atoms with E-state index < -0.39 is 17.7 Å². The number of rotatable bonds is 2. The van der Waals surface area contributed by atoms with Crippen LogP contribution in [-0.2, 0) is 4.79 Å². The summed E-state index contributed by atoms with van der Waals surface area (Å²) in [6.07, 6.45) is 0. The molecule has 0 aliphatic carbocycles. The van der Waals surface area contributed by atoms with Gasteiger partial charge in [-0.2, -0.15) is 0 Å². The molecule has 2 aliphatic heterocycles. The van der Waals surface area contributed by atoms with Gasteiger partial charge in [-0.15, -0.1) is 0 Å². The van der Waals surface area contributed by atoms with Crippen molar-refractivity contribution in [2.45, 2.75) is 32.5 Å². The molecular formula is C20H20BrN3O3. The third-order valence-corrected chi connectivity index (χ3v) is 5.62. The van der Waals surface area contributed by atoms with Gasteiger partial charge in [0, 0.05) is 15.7 Å². The Hall–Kier alpha value is -2.54. The van der Waals surface area contributed by atoms with Gasteiger partial charge in [-0.05, 0) is 50.6 Å². The monoisotopic (exact) mass is 429 g/mol. The summed E-state index contributed by atoms with van der Waals surface area (Å²) in [5, 5.41) is 8.66. The summed E-state index contributed by atoms with van der Waals surface area (Å²) >= 11 is 3.45. The summed E-state index contributed by atoms with van der Waals surface area (Å²) in [6.45, 7) is 5.69. The molecule has 0 aromatic heterocycles. The molecule has 2 bridgehead atoms. The minimum Gasteiger partial charge on any atom is -0.467 e. The molecule has 0 radical (unpaired) electrons. The lowest BCUT2D eigenvalue weighted by molar-refractivity contribution is -0.133. The van der Waals surface area contributed by atoms with Crippen molar-refractivity contribution in [2.75, 3.05) is 5.32 Å². The lowest BCUT2D eigenvalue weighted by Crippen LogP contribution is -2.70. The largest absolute Gasteiger partial charge is 0.467 e. The fourth-order valence-corrected chi connectivity index (χ4v) is 4.26. The topological polar surface area (TPSA) is 79.5 Å². The van der Waals surface area contributed by atoms with Crippen molar-refractivity contribution in [3.8, 4) is 5.75 Å². The molecule has 3 N–H and O–H groups in total. The smallest absolute Gasteiger partial charge is 0.318 e. The number of benzene rings is 2. The van der Waals surface area contributed by atoms with Gasteiger partial charge in [0.15, 0.2) is 5.72 Å². The zero-order chi connectivity index (χ0) is 19.3. The van der Waals surface area contributed by atoms with E-state index in [1.807, 2.05) is 50.2 Å². The van der Waals surface area contributed by atoms with Gasteiger partial charge in [0.25, 0.3) is 0 Å². The van der Waals surface area contributed by atoms with Crippen molar-refractivity contribution in [1.29, 1.82) is 0 Å². The van der Waals surface area contributed by atoms with Crippen molar-refractivity contribution in [3.05, 3.63) is 57.6 Å². The Morgan fingerprint density at radius 2 is 2.00 bits per heavy atom. The molecular weight excluding hydrogens is 410 g/mol. The highest BCUT2D eigenvalue weighted by molar-refractivity contribution is 9.10. The molecule has 3 unspecified atom stereocenters. The van der Waals surface area contributed by atoms with Crippen molar-refractivity contribution >= 4 is 33.6 Å². The first-order valence-corrected chi connectivity index (χ1v) is 9.51. The van der Waals surface area contributed by atoms with Gasteiger partial charge in [0.2, 0.25) is 5.91 Å². The first-order valence-electron chi connectivity index (χ1n) is 8.72. The van der Waals surface area contributed by atoms with Gasteiger partial charge in [-0.25, -0.2) is 4.79 Å². The van der Waals surface area contributed by atoms with Crippen LogP contribution in [0.4, 0.5) is 10.5 Å². The van der Waals surface area contributed by atoms with Gasteiger partial charge in [-0.1, -0.05) is 33.6 Å². The molecule has 7 heteroatoms. The number of hydrogen-bond acceptors (Lipinski definition) is 3. The second kappa shape index (κ2) is 6.27. The molecule has 27 heavy (non-hydrogen) atoms. The highest BCUT2D eigenvalue weighted by atomic mass is 79.9. The SMILES string of the molecule is Cc1ccc(NC(=O)C2C3NC(=O)NC2(C)Oc2ccc(Br)cc23)c(C)c1. The molecule has 2 heterocycles. The van der Waals surface area contributed by atoms with Crippen molar-refractivity contribution in [2.24, 2.45) is 5.92 Å². The average molecular weight is 430 g/mol. The number of fused-ring (bicyclic) bond motifs is 4. The molecule has 2 aromatic carbocycles. The Labute approximate surface area is 165 Å². The van der Waals surface area contributed by atoms with Crippen LogP contribution in [-0.4, -0.2) is 17.7 Å². The number of ether oxygens (including phenoxy) is 1. The lowest BCUT2D eigenvalue weighted by Gasteiger charge is -2.49. The molecule has 2 aromatic rings. The third kappa shape index (κ3) is 3.06. The average Bonchev–Trinajstić information content (AvgIpc) is 2.57. The molecule has 0 spiro atoms. The van der Waals surface area contributed by atoms with Crippen LogP contribution in [0.2, 0.25) is 0 Å². The number of urea groups is 1. The van der Waals surface area contributed by atoms with E-state index in [1.165, 1.54) is 0 Å². The first kappa shape index (κ1) is 17.9. The lowest BCUT2D eigenvalue weighted by atomic mass is 9.80. The highest BCUT2D eigenvalue weighted by Crippen LogP contribution is 2.46. The Balaban J connectivity index is 1.73. The van der Waals surface area contributed by atoms with Crippen LogP contribution in [0.3, 0.4) is 0 Å². The minimum atomic E-state index is -1.14. The minimum absolute atomic E-state index is 0.215. The zero-order valence-corrected chi connectivity index (χ0v) is 16.8. The normalized spacial score (nSPS) is 25.6. The first-order chi connectivity index (χ1) is 12.8. The Bertz CT molecular complexity index is 961. The van der Waals surface area contributed by atoms with Crippen LogP contribution in [0.1, 0.15) is 29.7 Å². The maximum absolute atomic E-state index is 13.2. The molecule has 3 amide bonds. The van der Waals surface area contributed by atoms with Crippen LogP contribution < -0.4 is 20.7 Å². The number of nitrogens with one attached hydrogen (secondary N) is 3. The van der Waals surface area contributed by atoms with E-state index in [9.17, 15) is 9.59 Å². The van der Waals surface area contributed by atoms with E-state index in [0.717, 1.165) is 26.9 Å². The number of amides is 3. The van der Waals surface area contributed by atoms with E-state index in [0.29, 0.717) is 5.75 Å². The van der Waals surface area contributed by atoms with E-state index in [-0.39, 0.29) is 11.9 Å². The molecule has 4 rings (SSSR count). The zero-order valence-electron chi connectivity index (χ0n) is 15.2. The second-order valence-electron chi connectivity index (χ2n) is 7.25. The number of anilines is 1. The quantitative estimate of drug-likeness (QED) is 0.679. The number of carbonyl (C=O) groups is 2. The van der Waals surface area contributed by atoms with E-state index in [4.69, 9.17) is 4.74 Å². The van der Waals surface area contributed by atoms with E-state index >= 15 is 0 Å². The number of halogens is 1. The van der Waals surface area contributed by atoms with Crippen LogP contribution in [0.15, 0.2) is 40.9 Å². The number of hydrogen-bond donors (Lipinski definition) is 3. The standard InChI is InChI=1S/C20H20BrN3O3/c1-10-4-6-14(11(2)8-10)22-18(25)16-17-13-9-12(21)5-7-15(13)27-20(16,3)24-19(26)23-17/h4-9,16-17H,1-3H3,(H,22,25)(H2,23,24,26). The van der Waals surface area contributed by atoms with E-state index in [1.54, 1.807) is 6.92 Å². The predicted molar refractivity (Wildman–Crippen MR) is 106 cm³/mol. The van der Waals surface area contributed by atoms with Gasteiger partial charge in [0.05, 0.1) is 6.04 Å². The molecule has 6 nitrogen and oxygen atoms in total. The summed E-state index contributed by atoms with van der Waals surface area (Å²) in [5.41, 5.74) is 2.49. The van der Waals surface area contributed by atoms with Crippen molar-refractivity contribution in [1.82, 2.24) is 10.6 Å². The number of carbonyl (C=O) groups excluding carboxylic acids is 2. The fourth-order valence-electron chi connectivity index (χ4n) is 3.88. The summed E-state index contributed by atoms with van der Waals surface area (Å²) in [7, 11) is 0. The highest BCUT2D eigenvalue weighted by Gasteiger charge is 2.55. The van der Waals surface area contributed by atoms with Crippen molar-refractivity contribution in [3.63, 3.8) is 0 Å². The summed E-state index contributed by atoms with van der Waals surface area (Å²) in [4.78, 5) is 25.4. The van der Waals surface area contributed by atoms with E-state index in [2.05, 4.69) is 31.9 Å². The third-order valence-electron chi connectivity index (χ3n) is 5.13. The van der Waals surface area contributed by atoms with Gasteiger partial charge >= 0.3 is 6.03 Å². The predicted octanol–water partition coefficient (Wildman–Crippen LogP) is 3.78. The number of aryl methyl sites for hydroxylation is 2. The van der Waals surface area contributed by atoms with Crippen LogP contribution in [0.25, 0.3) is 0 Å². The summed E-state index contributed by atoms with van der Waals surface area (Å²) in [6, 6.07) is 10.6. The van der Waals surface area contributed by atoms with Gasteiger partial charge in [0.1, 0.15) is 11.7 Å². The Morgan fingerprint density at radius 1 is 1.22 bits per heavy atom. The van der Waals surface area contributed by atoms with Crippen molar-refractivity contribution < 1.29 is 14.3 Å². The van der Waals surface area contributed by atoms with Crippen LogP contribution in [0, 0.1) is 19.8 Å². The summed E-state index contributed by atoms with van der Waals surface area (Å²) in [5.74, 6) is -0.209. The maximum atomic E-state index is 13.2. The Morgan fingerprint density at radius 3 is 2.74 bits per heavy atom. The Kier molecular flexibility index (Phi) is 4.14. The molecule has 3 atom stereocenters. The fraction of sp³-hybridized carbons (Fsp3) is 0.300. The van der Waals surface area contributed by atoms with Crippen LogP contribution in [0.5, 0.6) is 5.75 Å².